The molecule has 30 heavy (non-hydrogen) atoms. The van der Waals surface area contributed by atoms with E-state index >= 15 is 0 Å². The van der Waals surface area contributed by atoms with Crippen LogP contribution in [0, 0.1) is 0 Å². The summed E-state index contributed by atoms with van der Waals surface area (Å²) in [6.07, 6.45) is 2.25. The van der Waals surface area contributed by atoms with Crippen molar-refractivity contribution in [1.29, 1.82) is 0 Å². The molecule has 158 valence electrons. The number of aryl methyl sites for hydroxylation is 1. The smallest absolute Gasteiger partial charge is 0.252 e. The van der Waals surface area contributed by atoms with Gasteiger partial charge in [-0.15, -0.1) is 0 Å². The minimum absolute atomic E-state index is 0.194. The lowest BCUT2D eigenvalue weighted by Gasteiger charge is -2.09. The Kier molecular flexibility index (Phi) is 6.19. The summed E-state index contributed by atoms with van der Waals surface area (Å²) in [5.74, 6) is 3.36. The minimum Gasteiger partial charge on any atom is -0.493 e. The molecule has 1 aliphatic heterocycles. The molecule has 2 heterocycles. The van der Waals surface area contributed by atoms with E-state index in [2.05, 4.69) is 15.8 Å². The Morgan fingerprint density at radius 1 is 1.17 bits per heavy atom. The van der Waals surface area contributed by atoms with Crippen LogP contribution in [0.5, 0.6) is 23.0 Å². The van der Waals surface area contributed by atoms with Crippen molar-refractivity contribution in [3.8, 4) is 23.0 Å². The Labute approximate surface area is 182 Å². The number of thioether (sulfide) groups is 1. The highest BCUT2D eigenvalue weighted by Gasteiger charge is 2.16. The normalized spacial score (nSPS) is 13.1. The average Bonchev–Trinajstić information content (AvgIpc) is 3.34. The van der Waals surface area contributed by atoms with Gasteiger partial charge in [0.2, 0.25) is 6.79 Å². The fourth-order valence-electron chi connectivity index (χ4n) is 3.25. The van der Waals surface area contributed by atoms with Crippen LogP contribution in [-0.2, 0) is 17.8 Å². The monoisotopic (exact) mass is 446 g/mol. The zero-order valence-corrected chi connectivity index (χ0v) is 18.6. The zero-order chi connectivity index (χ0) is 21.1. The maximum Gasteiger partial charge on any atom is 0.252 e. The quantitative estimate of drug-likeness (QED) is 0.553. The largest absolute Gasteiger partial charge is 0.493 e. The van der Waals surface area contributed by atoms with Gasteiger partial charge >= 0.3 is 0 Å². The third-order valence-corrected chi connectivity index (χ3v) is 6.35. The van der Waals surface area contributed by atoms with Crippen LogP contribution in [-0.4, -0.2) is 43.5 Å². The van der Waals surface area contributed by atoms with E-state index in [1.54, 1.807) is 26.0 Å². The van der Waals surface area contributed by atoms with Crippen LogP contribution in [0.3, 0.4) is 0 Å². The van der Waals surface area contributed by atoms with Gasteiger partial charge in [0.25, 0.3) is 5.91 Å². The Morgan fingerprint density at radius 3 is 2.70 bits per heavy atom. The van der Waals surface area contributed by atoms with E-state index < -0.39 is 0 Å². The first-order valence-corrected chi connectivity index (χ1v) is 11.5. The second-order valence-electron chi connectivity index (χ2n) is 6.57. The van der Waals surface area contributed by atoms with Crippen molar-refractivity contribution >= 4 is 39.2 Å². The first kappa shape index (κ1) is 20.6. The zero-order valence-electron chi connectivity index (χ0n) is 17.0. The molecule has 4 rings (SSSR count). The van der Waals surface area contributed by atoms with Gasteiger partial charge in [0.05, 0.1) is 30.9 Å². The molecule has 0 unspecified atom stereocenters. The van der Waals surface area contributed by atoms with E-state index in [0.717, 1.165) is 28.1 Å². The number of fused-ring (bicyclic) bond motifs is 2. The number of hydrogen-bond acceptors (Lipinski definition) is 7. The highest BCUT2D eigenvalue weighted by atomic mass is 32.2. The van der Waals surface area contributed by atoms with Gasteiger partial charge in [-0.2, -0.15) is 16.8 Å². The number of ether oxygens (including phenoxy) is 4. The number of carbonyl (C=O) groups is 1. The van der Waals surface area contributed by atoms with Crippen LogP contribution < -0.4 is 23.7 Å². The molecule has 0 saturated carbocycles. The van der Waals surface area contributed by atoms with Crippen molar-refractivity contribution in [3.63, 3.8) is 0 Å². The lowest BCUT2D eigenvalue weighted by atomic mass is 10.1. The number of amides is 1. The maximum atomic E-state index is 12.7. The van der Waals surface area contributed by atoms with Crippen LogP contribution >= 0.6 is 23.1 Å². The predicted molar refractivity (Wildman–Crippen MR) is 118 cm³/mol. The molecule has 0 saturated heterocycles. The molecule has 7 nitrogen and oxygen atoms in total. The highest BCUT2D eigenvalue weighted by molar-refractivity contribution is 7.98. The molecule has 9 heteroatoms. The molecule has 0 spiro atoms. The summed E-state index contributed by atoms with van der Waals surface area (Å²) in [4.78, 5) is 17.8. The molecule has 0 radical (unpaired) electrons. The number of hydrogen-bond donors (Lipinski definition) is 0. The Balaban J connectivity index is 1.70. The van der Waals surface area contributed by atoms with E-state index in [9.17, 15) is 4.79 Å². The van der Waals surface area contributed by atoms with Crippen LogP contribution in [0.15, 0.2) is 35.3 Å². The van der Waals surface area contributed by atoms with Gasteiger partial charge < -0.3 is 23.5 Å². The molecule has 2 aromatic carbocycles. The molecule has 1 aliphatic rings. The molecule has 0 aliphatic carbocycles. The van der Waals surface area contributed by atoms with Crippen LogP contribution in [0.4, 0.5) is 0 Å². The lowest BCUT2D eigenvalue weighted by molar-refractivity contribution is -0.117. The summed E-state index contributed by atoms with van der Waals surface area (Å²) in [5, 5.41) is 0. The topological polar surface area (TPSA) is 71.3 Å². The van der Waals surface area contributed by atoms with Gasteiger partial charge in [0.15, 0.2) is 27.8 Å². The van der Waals surface area contributed by atoms with Crippen LogP contribution in [0.1, 0.15) is 5.56 Å². The van der Waals surface area contributed by atoms with Crippen LogP contribution in [0.25, 0.3) is 10.2 Å². The molecular formula is C21H22N2O5S2. The number of aromatic nitrogens is 1. The molecule has 0 N–H and O–H groups in total. The van der Waals surface area contributed by atoms with Crippen molar-refractivity contribution < 1.29 is 23.7 Å². The van der Waals surface area contributed by atoms with E-state index in [4.69, 9.17) is 18.9 Å². The average molecular weight is 447 g/mol. The summed E-state index contributed by atoms with van der Waals surface area (Å²) in [7, 11) is 3.22. The Hall–Kier alpha value is -2.65. The van der Waals surface area contributed by atoms with E-state index in [1.165, 1.54) is 11.3 Å². The number of thiazole rings is 1. The number of benzene rings is 2. The van der Waals surface area contributed by atoms with Crippen molar-refractivity contribution in [2.24, 2.45) is 4.99 Å². The summed E-state index contributed by atoms with van der Waals surface area (Å²) in [6.45, 7) is 0.952. The highest BCUT2D eigenvalue weighted by Crippen LogP contribution is 2.34. The molecule has 1 amide bonds. The van der Waals surface area contributed by atoms with E-state index in [1.807, 2.05) is 30.3 Å². The molecule has 0 bridgehead atoms. The van der Waals surface area contributed by atoms with Gasteiger partial charge in [-0.05, 0) is 24.0 Å². The van der Waals surface area contributed by atoms with Crippen molar-refractivity contribution in [2.75, 3.05) is 33.0 Å². The second-order valence-corrected chi connectivity index (χ2v) is 8.57. The van der Waals surface area contributed by atoms with Crippen molar-refractivity contribution in [2.45, 2.75) is 13.0 Å². The lowest BCUT2D eigenvalue weighted by Crippen LogP contribution is -2.18. The predicted octanol–water partition coefficient (Wildman–Crippen LogP) is 3.48. The fourth-order valence-corrected chi connectivity index (χ4v) is 4.70. The number of methoxy groups -OCH3 is 2. The van der Waals surface area contributed by atoms with E-state index in [0.29, 0.717) is 27.8 Å². The summed E-state index contributed by atoms with van der Waals surface area (Å²) < 4.78 is 24.6. The molecular weight excluding hydrogens is 424 g/mol. The first-order valence-electron chi connectivity index (χ1n) is 9.33. The minimum atomic E-state index is -0.211. The van der Waals surface area contributed by atoms with Crippen molar-refractivity contribution in [3.05, 3.63) is 40.7 Å². The molecule has 3 aromatic rings. The standard InChI is InChI=1S/C21H22N2O5S2/c1-25-16-10-14-19(11-17(16)26-2)30-21(23(14)6-7-29-3)22-20(24)9-13-4-5-15-18(8-13)28-12-27-15/h4-5,8,10-11H,6-7,9,12H2,1-3H3. The maximum absolute atomic E-state index is 12.7. The van der Waals surface area contributed by atoms with Crippen molar-refractivity contribution in [1.82, 2.24) is 4.57 Å². The van der Waals surface area contributed by atoms with Gasteiger partial charge in [-0.25, -0.2) is 0 Å². The molecule has 0 fully saturated rings. The van der Waals surface area contributed by atoms with Gasteiger partial charge in [-0.3, -0.25) is 4.79 Å². The molecule has 0 atom stereocenters. The summed E-state index contributed by atoms with van der Waals surface area (Å²) in [5.41, 5.74) is 1.81. The number of rotatable bonds is 7. The summed E-state index contributed by atoms with van der Waals surface area (Å²) >= 11 is 3.21. The van der Waals surface area contributed by atoms with E-state index in [-0.39, 0.29) is 19.1 Å². The first-order chi connectivity index (χ1) is 14.6. The summed E-state index contributed by atoms with van der Waals surface area (Å²) in [6, 6.07) is 9.38. The third-order valence-electron chi connectivity index (χ3n) is 4.72. The van der Waals surface area contributed by atoms with Gasteiger partial charge in [-0.1, -0.05) is 17.4 Å². The van der Waals surface area contributed by atoms with Crippen LogP contribution in [0.2, 0.25) is 0 Å². The third kappa shape index (κ3) is 4.13. The van der Waals surface area contributed by atoms with Gasteiger partial charge in [0.1, 0.15) is 0 Å². The molecule has 1 aromatic heterocycles. The number of nitrogens with zero attached hydrogens (tertiary/aromatic N) is 2. The van der Waals surface area contributed by atoms with Gasteiger partial charge in [0, 0.05) is 24.4 Å². The SMILES string of the molecule is COc1cc2sc(=NC(=O)Cc3ccc4c(c3)OCO4)n(CCSC)c2cc1OC. The fraction of sp³-hybridized carbons (Fsp3) is 0.333. The Bertz CT molecular complexity index is 1150. The second kappa shape index (κ2) is 9.01. The Morgan fingerprint density at radius 2 is 1.93 bits per heavy atom. The number of carbonyl (C=O) groups excluding carboxylic acids is 1.